The first-order chi connectivity index (χ1) is 8.98. The minimum absolute atomic E-state index is 1.08. The van der Waals surface area contributed by atoms with Crippen molar-refractivity contribution in [2.24, 2.45) is 0 Å². The molecule has 0 aliphatic carbocycles. The van der Waals surface area contributed by atoms with Gasteiger partial charge in [0.15, 0.2) is 0 Å². The molecule has 1 aromatic carbocycles. The van der Waals surface area contributed by atoms with E-state index in [-0.39, 0.29) is 0 Å². The molecule has 1 aromatic rings. The molecule has 0 unspecified atom stereocenters. The van der Waals surface area contributed by atoms with Crippen molar-refractivity contribution in [1.82, 2.24) is 0 Å². The van der Waals surface area contributed by atoms with Crippen LogP contribution in [0.2, 0.25) is 19.6 Å². The lowest BCUT2D eigenvalue weighted by atomic mass is 10.0. The Hall–Kier alpha value is -1.02. The zero-order chi connectivity index (χ0) is 14.3. The maximum absolute atomic E-state index is 6.39. The Morgan fingerprint density at radius 1 is 1.05 bits per heavy atom. The summed E-state index contributed by atoms with van der Waals surface area (Å²) in [5.74, 6) is 1.15. The van der Waals surface area contributed by atoms with E-state index in [1.807, 2.05) is 0 Å². The smallest absolute Gasteiger partial charge is 0.242 e. The molecule has 106 valence electrons. The Bertz CT molecular complexity index is 401. The van der Waals surface area contributed by atoms with Crippen molar-refractivity contribution in [2.75, 3.05) is 0 Å². The molecular formula is C17H28OSi. The van der Waals surface area contributed by atoms with E-state index in [0.29, 0.717) is 0 Å². The average Bonchev–Trinajstić information content (AvgIpc) is 2.38. The molecule has 0 aliphatic rings. The number of hydrogen-bond acceptors (Lipinski definition) is 1. The van der Waals surface area contributed by atoms with Crippen molar-refractivity contribution in [3.8, 4) is 0 Å². The molecule has 0 saturated heterocycles. The fraction of sp³-hybridized carbons (Fsp3) is 0.529. The highest BCUT2D eigenvalue weighted by atomic mass is 28.4. The van der Waals surface area contributed by atoms with Crippen LogP contribution in [-0.2, 0) is 4.43 Å². The predicted molar refractivity (Wildman–Crippen MR) is 87.6 cm³/mol. The Kier molecular flexibility index (Phi) is 6.36. The van der Waals surface area contributed by atoms with E-state index in [1.165, 1.54) is 24.0 Å². The molecule has 1 nitrogen and oxygen atoms in total. The van der Waals surface area contributed by atoms with Crippen LogP contribution in [0.5, 0.6) is 0 Å². The second-order valence-corrected chi connectivity index (χ2v) is 10.4. The van der Waals surface area contributed by atoms with Gasteiger partial charge in [-0.05, 0) is 44.5 Å². The zero-order valence-electron chi connectivity index (χ0n) is 13.1. The van der Waals surface area contributed by atoms with Gasteiger partial charge >= 0.3 is 0 Å². The van der Waals surface area contributed by atoms with Crippen LogP contribution in [0, 0.1) is 0 Å². The molecule has 2 heteroatoms. The molecule has 0 heterocycles. The van der Waals surface area contributed by atoms with Crippen LogP contribution in [0.4, 0.5) is 0 Å². The molecule has 0 amide bonds. The average molecular weight is 276 g/mol. The van der Waals surface area contributed by atoms with Crippen LogP contribution < -0.4 is 0 Å². The van der Waals surface area contributed by atoms with Gasteiger partial charge in [-0.3, -0.25) is 0 Å². The lowest BCUT2D eigenvalue weighted by Gasteiger charge is -2.25. The van der Waals surface area contributed by atoms with Gasteiger partial charge in [-0.15, -0.1) is 0 Å². The summed E-state index contributed by atoms with van der Waals surface area (Å²) >= 11 is 0. The molecule has 0 bridgehead atoms. The Morgan fingerprint density at radius 3 is 2.16 bits per heavy atom. The van der Waals surface area contributed by atoms with Crippen molar-refractivity contribution in [1.29, 1.82) is 0 Å². The summed E-state index contributed by atoms with van der Waals surface area (Å²) < 4.78 is 6.39. The number of rotatable bonds is 7. The molecule has 0 aliphatic heterocycles. The topological polar surface area (TPSA) is 9.23 Å². The maximum atomic E-state index is 6.39. The number of allylic oxidation sites excluding steroid dienone is 1. The van der Waals surface area contributed by atoms with Crippen LogP contribution in [0.25, 0.3) is 5.76 Å². The highest BCUT2D eigenvalue weighted by molar-refractivity contribution is 6.70. The third kappa shape index (κ3) is 5.64. The lowest BCUT2D eigenvalue weighted by molar-refractivity contribution is 0.503. The summed E-state index contributed by atoms with van der Waals surface area (Å²) in [5.41, 5.74) is 2.70. The fourth-order valence-corrected chi connectivity index (χ4v) is 2.95. The normalized spacial score (nSPS) is 13.1. The van der Waals surface area contributed by atoms with E-state index in [4.69, 9.17) is 4.43 Å². The minimum atomic E-state index is -1.58. The Balaban J connectivity index is 3.13. The predicted octanol–water partition coefficient (Wildman–Crippen LogP) is 5.85. The highest BCUT2D eigenvalue weighted by Crippen LogP contribution is 2.28. The first-order valence-electron chi connectivity index (χ1n) is 7.44. The van der Waals surface area contributed by atoms with E-state index in [0.717, 1.165) is 18.6 Å². The Labute approximate surface area is 119 Å². The number of hydrogen-bond donors (Lipinski definition) is 0. The number of unbranched alkanes of at least 4 members (excludes halogenated alkanes) is 1. The Morgan fingerprint density at radius 2 is 1.68 bits per heavy atom. The van der Waals surface area contributed by atoms with E-state index in [2.05, 4.69) is 63.8 Å². The zero-order valence-corrected chi connectivity index (χ0v) is 14.1. The summed E-state index contributed by atoms with van der Waals surface area (Å²) in [6, 6.07) is 10.6. The van der Waals surface area contributed by atoms with Crippen molar-refractivity contribution < 1.29 is 4.43 Å². The van der Waals surface area contributed by atoms with E-state index >= 15 is 0 Å². The molecule has 0 atom stereocenters. The van der Waals surface area contributed by atoms with Crippen molar-refractivity contribution >= 4 is 14.1 Å². The third-order valence-electron chi connectivity index (χ3n) is 3.02. The summed E-state index contributed by atoms with van der Waals surface area (Å²) in [6.45, 7) is 11.2. The first kappa shape index (κ1) is 16.0. The van der Waals surface area contributed by atoms with Gasteiger partial charge in [-0.2, -0.15) is 0 Å². The molecule has 0 aromatic heterocycles. The molecule has 0 N–H and O–H groups in total. The molecule has 1 rings (SSSR count). The van der Waals surface area contributed by atoms with Gasteiger partial charge in [0.2, 0.25) is 8.32 Å². The van der Waals surface area contributed by atoms with Crippen molar-refractivity contribution in [2.45, 2.75) is 59.2 Å². The van der Waals surface area contributed by atoms with Gasteiger partial charge in [0.05, 0.1) is 0 Å². The first-order valence-corrected chi connectivity index (χ1v) is 10.8. The summed E-state index contributed by atoms with van der Waals surface area (Å²) in [5, 5.41) is 0. The van der Waals surface area contributed by atoms with Gasteiger partial charge in [0, 0.05) is 5.56 Å². The minimum Gasteiger partial charge on any atom is -0.544 e. The third-order valence-corrected chi connectivity index (χ3v) is 3.84. The second-order valence-electron chi connectivity index (χ2n) is 5.97. The van der Waals surface area contributed by atoms with Gasteiger partial charge in [-0.1, -0.05) is 50.6 Å². The van der Waals surface area contributed by atoms with E-state index in [9.17, 15) is 0 Å². The largest absolute Gasteiger partial charge is 0.544 e. The van der Waals surface area contributed by atoms with Gasteiger partial charge in [0.25, 0.3) is 0 Å². The maximum Gasteiger partial charge on any atom is 0.242 e. The monoisotopic (exact) mass is 276 g/mol. The summed E-state index contributed by atoms with van der Waals surface area (Å²) in [6.07, 6.45) is 4.71. The molecule has 0 radical (unpaired) electrons. The molecular weight excluding hydrogens is 248 g/mol. The summed E-state index contributed by atoms with van der Waals surface area (Å²) in [4.78, 5) is 0. The van der Waals surface area contributed by atoms with Gasteiger partial charge in [0.1, 0.15) is 5.76 Å². The van der Waals surface area contributed by atoms with Crippen LogP contribution in [-0.4, -0.2) is 8.32 Å². The van der Waals surface area contributed by atoms with Crippen LogP contribution in [0.3, 0.4) is 0 Å². The number of benzene rings is 1. The lowest BCUT2D eigenvalue weighted by Crippen LogP contribution is -2.25. The van der Waals surface area contributed by atoms with Crippen LogP contribution in [0.15, 0.2) is 35.9 Å². The van der Waals surface area contributed by atoms with E-state index in [1.54, 1.807) is 0 Å². The molecule has 0 spiro atoms. The quantitative estimate of drug-likeness (QED) is 0.448. The summed E-state index contributed by atoms with van der Waals surface area (Å²) in [7, 11) is -1.58. The second kappa shape index (κ2) is 7.54. The SMILES string of the molecule is CCCC/C(CC)=C(\O[Si](C)(C)C)c1ccccc1. The van der Waals surface area contributed by atoms with Crippen LogP contribution in [0.1, 0.15) is 45.1 Å². The molecule has 0 fully saturated rings. The molecule has 19 heavy (non-hydrogen) atoms. The van der Waals surface area contributed by atoms with E-state index < -0.39 is 8.32 Å². The van der Waals surface area contributed by atoms with Crippen LogP contribution >= 0.6 is 0 Å². The van der Waals surface area contributed by atoms with Crippen molar-refractivity contribution in [3.63, 3.8) is 0 Å². The van der Waals surface area contributed by atoms with Crippen molar-refractivity contribution in [3.05, 3.63) is 41.5 Å². The van der Waals surface area contributed by atoms with Gasteiger partial charge in [-0.25, -0.2) is 0 Å². The van der Waals surface area contributed by atoms with Gasteiger partial charge < -0.3 is 4.43 Å². The fourth-order valence-electron chi connectivity index (χ4n) is 2.07. The molecule has 0 saturated carbocycles. The highest BCUT2D eigenvalue weighted by Gasteiger charge is 2.20. The standard InChI is InChI=1S/C17H28OSi/c1-6-8-12-15(7-2)17(18-19(3,4)5)16-13-10-9-11-14-16/h9-11,13-14H,6-8,12H2,1-5H3/b17-15-.